The van der Waals surface area contributed by atoms with E-state index in [1.807, 2.05) is 37.3 Å². The summed E-state index contributed by atoms with van der Waals surface area (Å²) < 4.78 is 34.1. The monoisotopic (exact) mass is 488 g/mol. The van der Waals surface area contributed by atoms with E-state index in [-0.39, 0.29) is 22.9 Å². The fourth-order valence-electron chi connectivity index (χ4n) is 2.85. The Balaban J connectivity index is 1.77. The lowest BCUT2D eigenvalue weighted by molar-refractivity contribution is 0.0950. The largest absolute Gasteiger partial charge is 0.496 e. The molecule has 156 valence electrons. The molecular formula is C22H21BrN2O4S. The molecule has 0 unspecified atom stereocenters. The number of carbonyl (C=O) groups excluding carboxylic acids is 1. The first-order chi connectivity index (χ1) is 14.3. The number of halogens is 1. The standard InChI is InChI=1S/C22H21BrN2O4S/c1-15-10-11-19(23)20(12-15)25-30(27,28)18-8-5-7-16(13-18)22(26)24-14-17-6-3-4-9-21(17)29-2/h3-13,25H,14H2,1-2H3,(H,24,26). The summed E-state index contributed by atoms with van der Waals surface area (Å²) in [5.74, 6) is 0.289. The van der Waals surface area contributed by atoms with Crippen LogP contribution in [0.1, 0.15) is 21.5 Å². The van der Waals surface area contributed by atoms with E-state index in [4.69, 9.17) is 4.74 Å². The third-order valence-corrected chi connectivity index (χ3v) is 6.46. The number of rotatable bonds is 7. The highest BCUT2D eigenvalue weighted by atomic mass is 79.9. The summed E-state index contributed by atoms with van der Waals surface area (Å²) in [7, 11) is -2.30. The third-order valence-electron chi connectivity index (χ3n) is 4.40. The van der Waals surface area contributed by atoms with Gasteiger partial charge in [-0.05, 0) is 64.8 Å². The van der Waals surface area contributed by atoms with Crippen molar-refractivity contribution in [2.75, 3.05) is 11.8 Å². The van der Waals surface area contributed by atoms with Crippen LogP contribution in [0.15, 0.2) is 76.1 Å². The van der Waals surface area contributed by atoms with Crippen LogP contribution in [0.3, 0.4) is 0 Å². The van der Waals surface area contributed by atoms with Crippen LogP contribution in [-0.2, 0) is 16.6 Å². The summed E-state index contributed by atoms with van der Waals surface area (Å²) in [6, 6.07) is 18.6. The number of hydrogen-bond acceptors (Lipinski definition) is 4. The Bertz CT molecular complexity index is 1180. The Labute approximate surface area is 184 Å². The van der Waals surface area contributed by atoms with Crippen molar-refractivity contribution in [3.8, 4) is 5.75 Å². The molecule has 0 saturated carbocycles. The number of para-hydroxylation sites is 1. The van der Waals surface area contributed by atoms with Gasteiger partial charge in [-0.15, -0.1) is 0 Å². The van der Waals surface area contributed by atoms with E-state index >= 15 is 0 Å². The van der Waals surface area contributed by atoms with Crippen LogP contribution in [-0.4, -0.2) is 21.4 Å². The minimum atomic E-state index is -3.87. The van der Waals surface area contributed by atoms with E-state index in [0.717, 1.165) is 11.1 Å². The molecule has 2 N–H and O–H groups in total. The van der Waals surface area contributed by atoms with Crippen LogP contribution < -0.4 is 14.8 Å². The van der Waals surface area contributed by atoms with Gasteiger partial charge in [-0.3, -0.25) is 9.52 Å². The smallest absolute Gasteiger partial charge is 0.261 e. The molecule has 0 heterocycles. The van der Waals surface area contributed by atoms with E-state index in [9.17, 15) is 13.2 Å². The van der Waals surface area contributed by atoms with Crippen LogP contribution >= 0.6 is 15.9 Å². The summed E-state index contributed by atoms with van der Waals surface area (Å²) >= 11 is 3.35. The van der Waals surface area contributed by atoms with Gasteiger partial charge in [-0.2, -0.15) is 0 Å². The van der Waals surface area contributed by atoms with Gasteiger partial charge in [0.25, 0.3) is 15.9 Å². The van der Waals surface area contributed by atoms with E-state index in [2.05, 4.69) is 26.0 Å². The first-order valence-corrected chi connectivity index (χ1v) is 11.4. The molecule has 0 aliphatic carbocycles. The molecule has 0 saturated heterocycles. The van der Waals surface area contributed by atoms with Crippen molar-refractivity contribution in [3.05, 3.63) is 87.9 Å². The highest BCUT2D eigenvalue weighted by molar-refractivity contribution is 9.10. The fraction of sp³-hybridized carbons (Fsp3) is 0.136. The first kappa shape index (κ1) is 21.9. The number of anilines is 1. The number of sulfonamides is 1. The van der Waals surface area contributed by atoms with Gasteiger partial charge in [0.15, 0.2) is 0 Å². The highest BCUT2D eigenvalue weighted by Gasteiger charge is 2.18. The predicted molar refractivity (Wildman–Crippen MR) is 120 cm³/mol. The van der Waals surface area contributed by atoms with Crippen LogP contribution in [0.25, 0.3) is 0 Å². The SMILES string of the molecule is COc1ccccc1CNC(=O)c1cccc(S(=O)(=O)Nc2cc(C)ccc2Br)c1. The summed E-state index contributed by atoms with van der Waals surface area (Å²) in [5.41, 5.74) is 2.42. The average molecular weight is 489 g/mol. The van der Waals surface area contributed by atoms with Crippen molar-refractivity contribution in [3.63, 3.8) is 0 Å². The first-order valence-electron chi connectivity index (χ1n) is 9.09. The molecule has 6 nitrogen and oxygen atoms in total. The molecule has 0 aliphatic rings. The molecule has 0 fully saturated rings. The molecule has 3 aromatic carbocycles. The molecule has 0 radical (unpaired) electrons. The second-order valence-electron chi connectivity index (χ2n) is 6.61. The molecule has 0 spiro atoms. The topological polar surface area (TPSA) is 84.5 Å². The Kier molecular flexibility index (Phi) is 6.79. The van der Waals surface area contributed by atoms with E-state index in [0.29, 0.717) is 15.9 Å². The zero-order valence-electron chi connectivity index (χ0n) is 16.5. The quantitative estimate of drug-likeness (QED) is 0.512. The number of benzene rings is 3. The van der Waals surface area contributed by atoms with Gasteiger partial charge in [0.2, 0.25) is 0 Å². The van der Waals surface area contributed by atoms with Crippen molar-refractivity contribution in [1.82, 2.24) is 5.32 Å². The minimum absolute atomic E-state index is 0.000785. The predicted octanol–water partition coefficient (Wildman–Crippen LogP) is 4.50. The number of amides is 1. The zero-order valence-corrected chi connectivity index (χ0v) is 18.9. The lowest BCUT2D eigenvalue weighted by Crippen LogP contribution is -2.23. The lowest BCUT2D eigenvalue weighted by atomic mass is 10.2. The lowest BCUT2D eigenvalue weighted by Gasteiger charge is -2.12. The van der Waals surface area contributed by atoms with Crippen LogP contribution in [0, 0.1) is 6.92 Å². The van der Waals surface area contributed by atoms with Gasteiger partial charge in [-0.25, -0.2) is 8.42 Å². The molecule has 3 aromatic rings. The molecule has 0 atom stereocenters. The van der Waals surface area contributed by atoms with Gasteiger partial charge in [-0.1, -0.05) is 30.3 Å². The van der Waals surface area contributed by atoms with Crippen molar-refractivity contribution in [1.29, 1.82) is 0 Å². The van der Waals surface area contributed by atoms with Crippen LogP contribution in [0.2, 0.25) is 0 Å². The van der Waals surface area contributed by atoms with E-state index in [1.165, 1.54) is 18.2 Å². The molecule has 30 heavy (non-hydrogen) atoms. The Morgan fingerprint density at radius 3 is 2.57 bits per heavy atom. The van der Waals surface area contributed by atoms with Gasteiger partial charge in [0.05, 0.1) is 17.7 Å². The van der Waals surface area contributed by atoms with Crippen molar-refractivity contribution in [2.45, 2.75) is 18.4 Å². The maximum absolute atomic E-state index is 12.8. The second-order valence-corrected chi connectivity index (χ2v) is 9.15. The number of nitrogens with one attached hydrogen (secondary N) is 2. The van der Waals surface area contributed by atoms with Gasteiger partial charge < -0.3 is 10.1 Å². The van der Waals surface area contributed by atoms with Crippen molar-refractivity contribution >= 4 is 37.5 Å². The Morgan fingerprint density at radius 2 is 1.80 bits per heavy atom. The molecule has 8 heteroatoms. The average Bonchev–Trinajstić information content (AvgIpc) is 2.74. The highest BCUT2D eigenvalue weighted by Crippen LogP contribution is 2.26. The van der Waals surface area contributed by atoms with Crippen LogP contribution in [0.5, 0.6) is 5.75 Å². The number of aryl methyl sites for hydroxylation is 1. The molecule has 0 bridgehead atoms. The normalized spacial score (nSPS) is 11.0. The number of methoxy groups -OCH3 is 1. The molecule has 3 rings (SSSR count). The summed E-state index contributed by atoms with van der Waals surface area (Å²) in [6.07, 6.45) is 0. The second kappa shape index (κ2) is 9.32. The Hall–Kier alpha value is -2.84. The molecule has 0 aromatic heterocycles. The summed E-state index contributed by atoms with van der Waals surface area (Å²) in [4.78, 5) is 12.6. The minimum Gasteiger partial charge on any atom is -0.496 e. The van der Waals surface area contributed by atoms with Gasteiger partial charge in [0, 0.05) is 22.1 Å². The number of hydrogen-bond donors (Lipinski definition) is 2. The summed E-state index contributed by atoms with van der Waals surface area (Å²) in [5, 5.41) is 2.79. The van der Waals surface area contributed by atoms with Gasteiger partial charge in [0.1, 0.15) is 5.75 Å². The number of carbonyl (C=O) groups is 1. The van der Waals surface area contributed by atoms with Gasteiger partial charge >= 0.3 is 0 Å². The zero-order chi connectivity index (χ0) is 21.7. The maximum atomic E-state index is 12.8. The maximum Gasteiger partial charge on any atom is 0.261 e. The van der Waals surface area contributed by atoms with Crippen molar-refractivity contribution in [2.24, 2.45) is 0 Å². The fourth-order valence-corrected chi connectivity index (χ4v) is 4.45. The van der Waals surface area contributed by atoms with Crippen molar-refractivity contribution < 1.29 is 17.9 Å². The van der Waals surface area contributed by atoms with E-state index < -0.39 is 10.0 Å². The Morgan fingerprint density at radius 1 is 1.03 bits per heavy atom. The number of ether oxygens (including phenoxy) is 1. The summed E-state index contributed by atoms with van der Waals surface area (Å²) in [6.45, 7) is 2.13. The molecule has 0 aliphatic heterocycles. The molecular weight excluding hydrogens is 468 g/mol. The van der Waals surface area contributed by atoms with Crippen LogP contribution in [0.4, 0.5) is 5.69 Å². The third kappa shape index (κ3) is 5.20. The molecule has 1 amide bonds. The van der Waals surface area contributed by atoms with E-state index in [1.54, 1.807) is 25.3 Å².